The highest BCUT2D eigenvalue weighted by molar-refractivity contribution is 9.10. The fourth-order valence-corrected chi connectivity index (χ4v) is 3.75. The first kappa shape index (κ1) is 15.5. The van der Waals surface area contributed by atoms with Crippen molar-refractivity contribution >= 4 is 15.9 Å². The maximum absolute atomic E-state index is 8.94. The van der Waals surface area contributed by atoms with Crippen LogP contribution in [0.1, 0.15) is 45.1 Å². The third-order valence-electron chi connectivity index (χ3n) is 4.35. The maximum Gasteiger partial charge on any atom is 0.0655 e. The first-order valence-electron chi connectivity index (χ1n) is 7.41. The van der Waals surface area contributed by atoms with Gasteiger partial charge in [-0.05, 0) is 37.3 Å². The Morgan fingerprint density at radius 1 is 1.25 bits per heavy atom. The van der Waals surface area contributed by atoms with Crippen molar-refractivity contribution in [2.45, 2.75) is 51.0 Å². The summed E-state index contributed by atoms with van der Waals surface area (Å²) in [7, 11) is 0. The third kappa shape index (κ3) is 3.84. The van der Waals surface area contributed by atoms with E-state index in [9.17, 15) is 0 Å². The lowest BCUT2D eigenvalue weighted by molar-refractivity contribution is 0.311. The maximum atomic E-state index is 8.94. The van der Waals surface area contributed by atoms with Gasteiger partial charge in [0, 0.05) is 28.4 Å². The number of halogens is 1. The molecule has 0 aromatic heterocycles. The average molecular weight is 335 g/mol. The van der Waals surface area contributed by atoms with E-state index >= 15 is 0 Å². The van der Waals surface area contributed by atoms with E-state index in [0.29, 0.717) is 6.04 Å². The molecule has 1 aromatic carbocycles. The van der Waals surface area contributed by atoms with Gasteiger partial charge in [-0.2, -0.15) is 5.26 Å². The molecule has 2 rings (SSSR count). The van der Waals surface area contributed by atoms with Gasteiger partial charge in [0.15, 0.2) is 0 Å². The zero-order chi connectivity index (χ0) is 14.6. The van der Waals surface area contributed by atoms with Crippen LogP contribution in [0.4, 0.5) is 0 Å². The lowest BCUT2D eigenvalue weighted by Crippen LogP contribution is -2.41. The summed E-state index contributed by atoms with van der Waals surface area (Å²) in [6, 6.07) is 11.4. The van der Waals surface area contributed by atoms with Crippen molar-refractivity contribution in [3.05, 3.63) is 34.3 Å². The molecule has 0 radical (unpaired) electrons. The molecule has 1 saturated carbocycles. The standard InChI is InChI=1S/C17H23BrN2/c1-17(2,15-5-3-4-6-16(15)18)12-20-14-9-7-13(11-19)8-10-14/h3-6,13-14,20H,7-10,12H2,1-2H3. The van der Waals surface area contributed by atoms with Crippen molar-refractivity contribution in [1.29, 1.82) is 5.26 Å². The molecule has 0 aliphatic heterocycles. The number of nitrogens with one attached hydrogen (secondary N) is 1. The van der Waals surface area contributed by atoms with Gasteiger partial charge in [0.2, 0.25) is 0 Å². The molecular formula is C17H23BrN2. The average Bonchev–Trinajstić information content (AvgIpc) is 2.46. The van der Waals surface area contributed by atoms with Crippen molar-refractivity contribution in [2.24, 2.45) is 5.92 Å². The molecule has 1 aliphatic carbocycles. The molecule has 0 unspecified atom stereocenters. The van der Waals surface area contributed by atoms with E-state index in [1.807, 2.05) is 0 Å². The summed E-state index contributed by atoms with van der Waals surface area (Å²) >= 11 is 3.65. The number of nitrogens with zero attached hydrogens (tertiary/aromatic N) is 1. The Morgan fingerprint density at radius 3 is 2.50 bits per heavy atom. The van der Waals surface area contributed by atoms with Crippen molar-refractivity contribution in [1.82, 2.24) is 5.32 Å². The molecular weight excluding hydrogens is 312 g/mol. The van der Waals surface area contributed by atoms with Crippen molar-refractivity contribution in [3.63, 3.8) is 0 Å². The summed E-state index contributed by atoms with van der Waals surface area (Å²) in [5.41, 5.74) is 1.45. The molecule has 1 aromatic rings. The highest BCUT2D eigenvalue weighted by Gasteiger charge is 2.26. The van der Waals surface area contributed by atoms with E-state index in [4.69, 9.17) is 5.26 Å². The molecule has 108 valence electrons. The molecule has 0 spiro atoms. The summed E-state index contributed by atoms with van der Waals surface area (Å²) < 4.78 is 1.18. The van der Waals surface area contributed by atoms with Crippen LogP contribution in [0.25, 0.3) is 0 Å². The summed E-state index contributed by atoms with van der Waals surface area (Å²) in [6.45, 7) is 5.53. The van der Waals surface area contributed by atoms with Crippen LogP contribution < -0.4 is 5.32 Å². The van der Waals surface area contributed by atoms with Gasteiger partial charge in [-0.15, -0.1) is 0 Å². The van der Waals surface area contributed by atoms with Crippen LogP contribution in [0.3, 0.4) is 0 Å². The van der Waals surface area contributed by atoms with Crippen LogP contribution in [-0.4, -0.2) is 12.6 Å². The number of hydrogen-bond acceptors (Lipinski definition) is 2. The Labute approximate surface area is 130 Å². The zero-order valence-electron chi connectivity index (χ0n) is 12.3. The van der Waals surface area contributed by atoms with Crippen molar-refractivity contribution in [3.8, 4) is 6.07 Å². The molecule has 3 heteroatoms. The number of hydrogen-bond donors (Lipinski definition) is 1. The minimum atomic E-state index is 0.103. The fraction of sp³-hybridized carbons (Fsp3) is 0.588. The first-order valence-corrected chi connectivity index (χ1v) is 8.20. The minimum absolute atomic E-state index is 0.103. The predicted molar refractivity (Wildman–Crippen MR) is 86.5 cm³/mol. The van der Waals surface area contributed by atoms with Gasteiger partial charge in [0.05, 0.1) is 6.07 Å². The van der Waals surface area contributed by atoms with Crippen molar-refractivity contribution < 1.29 is 0 Å². The van der Waals surface area contributed by atoms with Gasteiger partial charge in [-0.1, -0.05) is 48.0 Å². The van der Waals surface area contributed by atoms with Gasteiger partial charge in [0.25, 0.3) is 0 Å². The molecule has 1 N–H and O–H groups in total. The molecule has 20 heavy (non-hydrogen) atoms. The summed E-state index contributed by atoms with van der Waals surface area (Å²) in [6.07, 6.45) is 4.35. The van der Waals surface area contributed by atoms with Crippen molar-refractivity contribution in [2.75, 3.05) is 6.54 Å². The van der Waals surface area contributed by atoms with Gasteiger partial charge < -0.3 is 5.32 Å². The largest absolute Gasteiger partial charge is 0.313 e. The third-order valence-corrected chi connectivity index (χ3v) is 5.04. The van der Waals surface area contributed by atoms with E-state index in [-0.39, 0.29) is 11.3 Å². The molecule has 2 nitrogen and oxygen atoms in total. The molecule has 0 atom stereocenters. The second kappa shape index (κ2) is 6.74. The van der Waals surface area contributed by atoms with Crippen LogP contribution in [0.5, 0.6) is 0 Å². The lowest BCUT2D eigenvalue weighted by atomic mass is 9.83. The second-order valence-electron chi connectivity index (χ2n) is 6.42. The van der Waals surface area contributed by atoms with Gasteiger partial charge >= 0.3 is 0 Å². The van der Waals surface area contributed by atoms with E-state index in [2.05, 4.69) is 65.4 Å². The highest BCUT2D eigenvalue weighted by Crippen LogP contribution is 2.30. The predicted octanol–water partition coefficient (Wildman–Crippen LogP) is 4.40. The Bertz CT molecular complexity index is 482. The zero-order valence-corrected chi connectivity index (χ0v) is 13.9. The van der Waals surface area contributed by atoms with E-state index < -0.39 is 0 Å². The Morgan fingerprint density at radius 2 is 1.90 bits per heavy atom. The molecule has 0 heterocycles. The molecule has 1 fully saturated rings. The molecule has 0 saturated heterocycles. The second-order valence-corrected chi connectivity index (χ2v) is 7.28. The monoisotopic (exact) mass is 334 g/mol. The normalized spacial score (nSPS) is 23.3. The Kier molecular flexibility index (Phi) is 5.23. The molecule has 1 aliphatic rings. The Balaban J connectivity index is 1.90. The van der Waals surface area contributed by atoms with Crippen LogP contribution in [0.15, 0.2) is 28.7 Å². The van der Waals surface area contributed by atoms with Gasteiger partial charge in [0.1, 0.15) is 0 Å². The molecule has 0 bridgehead atoms. The smallest absolute Gasteiger partial charge is 0.0655 e. The van der Waals surface area contributed by atoms with Crippen LogP contribution in [-0.2, 0) is 5.41 Å². The Hall–Kier alpha value is -0.850. The van der Waals surface area contributed by atoms with Gasteiger partial charge in [-0.3, -0.25) is 0 Å². The SMILES string of the molecule is CC(C)(CNC1CCC(C#N)CC1)c1ccccc1Br. The number of benzene rings is 1. The number of nitriles is 1. The summed E-state index contributed by atoms with van der Waals surface area (Å²) in [5.74, 6) is 0.282. The quantitative estimate of drug-likeness (QED) is 0.885. The van der Waals surface area contributed by atoms with E-state index in [1.54, 1.807) is 0 Å². The van der Waals surface area contributed by atoms with E-state index in [0.717, 1.165) is 32.2 Å². The van der Waals surface area contributed by atoms with Crippen LogP contribution in [0, 0.1) is 17.2 Å². The highest BCUT2D eigenvalue weighted by atomic mass is 79.9. The van der Waals surface area contributed by atoms with Crippen LogP contribution in [0.2, 0.25) is 0 Å². The fourth-order valence-electron chi connectivity index (χ4n) is 2.93. The topological polar surface area (TPSA) is 35.8 Å². The minimum Gasteiger partial charge on any atom is -0.313 e. The summed E-state index contributed by atoms with van der Waals surface area (Å²) in [4.78, 5) is 0. The van der Waals surface area contributed by atoms with E-state index in [1.165, 1.54) is 10.0 Å². The van der Waals surface area contributed by atoms with Crippen LogP contribution >= 0.6 is 15.9 Å². The first-order chi connectivity index (χ1) is 9.53. The van der Waals surface area contributed by atoms with Gasteiger partial charge in [-0.25, -0.2) is 0 Å². The number of rotatable bonds is 4. The molecule has 0 amide bonds. The lowest BCUT2D eigenvalue weighted by Gasteiger charge is -2.32. The summed E-state index contributed by atoms with van der Waals surface area (Å²) in [5, 5.41) is 12.6.